The molecule has 0 bridgehead atoms. The Hall–Kier alpha value is -3.42. The van der Waals surface area contributed by atoms with Crippen LogP contribution in [0.5, 0.6) is 11.5 Å². The van der Waals surface area contributed by atoms with Gasteiger partial charge < -0.3 is 10.2 Å². The number of benzene rings is 2. The number of hydrogen-bond donors (Lipinski definition) is 3. The largest absolute Gasteiger partial charge is 0.508 e. The third-order valence-electron chi connectivity index (χ3n) is 2.91. The second-order valence-corrected chi connectivity index (χ2v) is 4.61. The molecule has 1 amide bonds. The van der Waals surface area contributed by atoms with Gasteiger partial charge in [0, 0.05) is 11.6 Å². The fourth-order valence-corrected chi connectivity index (χ4v) is 1.87. The van der Waals surface area contributed by atoms with Crippen molar-refractivity contribution in [3.8, 4) is 11.5 Å². The zero-order valence-electron chi connectivity index (χ0n) is 11.8. The van der Waals surface area contributed by atoms with Crippen LogP contribution in [0.1, 0.15) is 11.1 Å². The summed E-state index contributed by atoms with van der Waals surface area (Å²) in [6, 6.07) is 10.2. The van der Waals surface area contributed by atoms with Crippen LogP contribution in [0.15, 0.2) is 47.6 Å². The van der Waals surface area contributed by atoms with Crippen molar-refractivity contribution in [2.24, 2.45) is 5.10 Å². The van der Waals surface area contributed by atoms with Crippen LogP contribution in [-0.4, -0.2) is 27.3 Å². The number of carbonyl (C=O) groups excluding carboxylic acids is 1. The number of amides is 1. The molecule has 8 nitrogen and oxygen atoms in total. The minimum atomic E-state index is -0.715. The molecule has 0 saturated heterocycles. The summed E-state index contributed by atoms with van der Waals surface area (Å²) in [6.07, 6.45) is 1.12. The number of nitro groups is 1. The molecule has 0 fully saturated rings. The summed E-state index contributed by atoms with van der Waals surface area (Å²) in [7, 11) is 0. The summed E-state index contributed by atoms with van der Waals surface area (Å²) in [6.45, 7) is 0. The fraction of sp³-hybridized carbons (Fsp3) is 0.0667. The number of hydrazone groups is 1. The number of para-hydroxylation sites is 1. The Bertz CT molecular complexity index is 773. The van der Waals surface area contributed by atoms with Gasteiger partial charge in [-0.15, -0.1) is 0 Å². The Labute approximate surface area is 130 Å². The van der Waals surface area contributed by atoms with Crippen LogP contribution in [0.25, 0.3) is 0 Å². The standard InChI is InChI=1S/C15H13N3O5/c19-12-5-1-3-10(7-12)8-14(20)17-16-9-11-4-2-6-13(15(11)21)18(22)23/h1-7,9,19,21H,8H2,(H,17,20)/b16-9+. The molecule has 23 heavy (non-hydrogen) atoms. The van der Waals surface area contributed by atoms with E-state index in [0.717, 1.165) is 12.3 Å². The maximum Gasteiger partial charge on any atom is 0.311 e. The summed E-state index contributed by atoms with van der Waals surface area (Å²) < 4.78 is 0. The summed E-state index contributed by atoms with van der Waals surface area (Å²) in [5.74, 6) is -0.902. The zero-order chi connectivity index (χ0) is 16.8. The van der Waals surface area contributed by atoms with Gasteiger partial charge in [0.05, 0.1) is 17.6 Å². The molecule has 0 aromatic heterocycles. The number of rotatable bonds is 5. The lowest BCUT2D eigenvalue weighted by Gasteiger charge is -2.02. The fourth-order valence-electron chi connectivity index (χ4n) is 1.87. The Balaban J connectivity index is 2.00. The highest BCUT2D eigenvalue weighted by molar-refractivity contribution is 5.87. The molecule has 2 aromatic rings. The van der Waals surface area contributed by atoms with Crippen LogP contribution in [0.2, 0.25) is 0 Å². The van der Waals surface area contributed by atoms with E-state index in [1.54, 1.807) is 12.1 Å². The SMILES string of the molecule is O=C(Cc1cccc(O)c1)N/N=C/c1cccc([N+](=O)[O-])c1O. The van der Waals surface area contributed by atoms with Crippen molar-refractivity contribution in [2.75, 3.05) is 0 Å². The summed E-state index contributed by atoms with van der Waals surface area (Å²) in [5.41, 5.74) is 2.51. The first kappa shape index (κ1) is 16.0. The lowest BCUT2D eigenvalue weighted by molar-refractivity contribution is -0.385. The molecule has 0 atom stereocenters. The summed E-state index contributed by atoms with van der Waals surface area (Å²) >= 11 is 0. The number of nitrogens with zero attached hydrogens (tertiary/aromatic N) is 2. The predicted octanol–water partition coefficient (Wildman–Crippen LogP) is 1.70. The van der Waals surface area contributed by atoms with Crippen LogP contribution in [0.4, 0.5) is 5.69 Å². The molecule has 118 valence electrons. The van der Waals surface area contributed by atoms with Gasteiger partial charge in [0.1, 0.15) is 5.75 Å². The molecule has 2 rings (SSSR count). The van der Waals surface area contributed by atoms with Crippen molar-refractivity contribution in [3.63, 3.8) is 0 Å². The molecule has 0 aliphatic carbocycles. The van der Waals surface area contributed by atoms with Gasteiger partial charge in [-0.1, -0.05) is 18.2 Å². The van der Waals surface area contributed by atoms with E-state index in [1.807, 2.05) is 0 Å². The number of nitrogens with one attached hydrogen (secondary N) is 1. The van der Waals surface area contributed by atoms with E-state index < -0.39 is 22.3 Å². The molecule has 0 spiro atoms. The molecular formula is C15H13N3O5. The molecule has 0 saturated carbocycles. The van der Waals surface area contributed by atoms with Gasteiger partial charge in [-0.25, -0.2) is 5.43 Å². The molecule has 0 aliphatic rings. The number of hydrogen-bond acceptors (Lipinski definition) is 6. The van der Waals surface area contributed by atoms with Gasteiger partial charge in [0.25, 0.3) is 0 Å². The van der Waals surface area contributed by atoms with E-state index in [2.05, 4.69) is 10.5 Å². The Kier molecular flexibility index (Phi) is 4.88. The summed E-state index contributed by atoms with van der Waals surface area (Å²) in [5, 5.41) is 33.4. The van der Waals surface area contributed by atoms with Crippen LogP contribution >= 0.6 is 0 Å². The Morgan fingerprint density at radius 2 is 2.00 bits per heavy atom. The Morgan fingerprint density at radius 3 is 2.70 bits per heavy atom. The lowest BCUT2D eigenvalue weighted by atomic mass is 10.1. The van der Waals surface area contributed by atoms with E-state index in [0.29, 0.717) is 5.56 Å². The average molecular weight is 315 g/mol. The molecule has 0 heterocycles. The highest BCUT2D eigenvalue weighted by Crippen LogP contribution is 2.27. The van der Waals surface area contributed by atoms with E-state index >= 15 is 0 Å². The van der Waals surface area contributed by atoms with E-state index in [4.69, 9.17) is 0 Å². The number of nitro benzene ring substituents is 1. The second-order valence-electron chi connectivity index (χ2n) is 4.61. The molecule has 0 aliphatic heterocycles. The number of phenols is 2. The molecule has 3 N–H and O–H groups in total. The summed E-state index contributed by atoms with van der Waals surface area (Å²) in [4.78, 5) is 21.7. The third-order valence-corrected chi connectivity index (χ3v) is 2.91. The number of aromatic hydroxyl groups is 2. The monoisotopic (exact) mass is 315 g/mol. The van der Waals surface area contributed by atoms with Crippen LogP contribution in [-0.2, 0) is 11.2 Å². The van der Waals surface area contributed by atoms with E-state index in [9.17, 15) is 25.1 Å². The van der Waals surface area contributed by atoms with Crippen LogP contribution < -0.4 is 5.43 Å². The molecular weight excluding hydrogens is 302 g/mol. The first-order valence-corrected chi connectivity index (χ1v) is 6.53. The van der Waals surface area contributed by atoms with Gasteiger partial charge in [0.15, 0.2) is 0 Å². The number of carbonyl (C=O) groups is 1. The van der Waals surface area contributed by atoms with Crippen molar-refractivity contribution >= 4 is 17.8 Å². The average Bonchev–Trinajstić information content (AvgIpc) is 2.48. The van der Waals surface area contributed by atoms with Crippen molar-refractivity contribution in [1.29, 1.82) is 0 Å². The van der Waals surface area contributed by atoms with Gasteiger partial charge in [-0.05, 0) is 23.8 Å². The van der Waals surface area contributed by atoms with E-state index in [-0.39, 0.29) is 17.7 Å². The van der Waals surface area contributed by atoms with Crippen LogP contribution in [0.3, 0.4) is 0 Å². The van der Waals surface area contributed by atoms with Gasteiger partial charge >= 0.3 is 5.69 Å². The molecule has 0 radical (unpaired) electrons. The Morgan fingerprint density at radius 1 is 1.26 bits per heavy atom. The maximum atomic E-state index is 11.7. The van der Waals surface area contributed by atoms with Crippen LogP contribution in [0, 0.1) is 10.1 Å². The lowest BCUT2D eigenvalue weighted by Crippen LogP contribution is -2.19. The normalized spacial score (nSPS) is 10.6. The second kappa shape index (κ2) is 7.03. The van der Waals surface area contributed by atoms with E-state index in [1.165, 1.54) is 24.3 Å². The third kappa shape index (κ3) is 4.27. The van der Waals surface area contributed by atoms with Crippen molar-refractivity contribution in [1.82, 2.24) is 5.43 Å². The molecule has 0 unspecified atom stereocenters. The minimum Gasteiger partial charge on any atom is -0.508 e. The van der Waals surface area contributed by atoms with Gasteiger partial charge in [-0.3, -0.25) is 14.9 Å². The highest BCUT2D eigenvalue weighted by Gasteiger charge is 2.15. The van der Waals surface area contributed by atoms with Gasteiger partial charge in [0.2, 0.25) is 11.7 Å². The molecule has 8 heteroatoms. The first-order valence-electron chi connectivity index (χ1n) is 6.53. The predicted molar refractivity (Wildman–Crippen MR) is 82.3 cm³/mol. The maximum absolute atomic E-state index is 11.7. The smallest absolute Gasteiger partial charge is 0.311 e. The van der Waals surface area contributed by atoms with Crippen molar-refractivity contribution in [3.05, 3.63) is 63.7 Å². The minimum absolute atomic E-state index is 0.00661. The number of phenolic OH excluding ortho intramolecular Hbond substituents is 2. The quantitative estimate of drug-likeness (QED) is 0.440. The topological polar surface area (TPSA) is 125 Å². The van der Waals surface area contributed by atoms with Gasteiger partial charge in [-0.2, -0.15) is 5.10 Å². The first-order chi connectivity index (χ1) is 11.0. The van der Waals surface area contributed by atoms with Crippen molar-refractivity contribution < 1.29 is 19.9 Å². The van der Waals surface area contributed by atoms with Crippen molar-refractivity contribution in [2.45, 2.75) is 6.42 Å². The molecule has 2 aromatic carbocycles. The zero-order valence-corrected chi connectivity index (χ0v) is 11.8. The highest BCUT2D eigenvalue weighted by atomic mass is 16.6.